The van der Waals surface area contributed by atoms with Gasteiger partial charge in [-0.05, 0) is 57.9 Å². The molecule has 0 heterocycles. The molecular formula is C23H45N11O7. The minimum absolute atomic E-state index is 0.0136. The summed E-state index contributed by atoms with van der Waals surface area (Å²) in [6.07, 6.45) is 1.14. The maximum absolute atomic E-state index is 13.1. The molecule has 41 heavy (non-hydrogen) atoms. The number of aliphatic imine (C=N–C) groups is 2. The molecule has 18 nitrogen and oxygen atoms in total. The highest BCUT2D eigenvalue weighted by Gasteiger charge is 2.30. The first-order chi connectivity index (χ1) is 19.3. The van der Waals surface area contributed by atoms with Gasteiger partial charge in [0.1, 0.15) is 18.1 Å². The van der Waals surface area contributed by atoms with Crippen molar-refractivity contribution in [1.82, 2.24) is 16.0 Å². The summed E-state index contributed by atoms with van der Waals surface area (Å²) >= 11 is 0. The lowest BCUT2D eigenvalue weighted by atomic mass is 10.0. The number of nitrogens with zero attached hydrogens (tertiary/aromatic N) is 2. The van der Waals surface area contributed by atoms with Crippen molar-refractivity contribution in [2.45, 2.75) is 82.0 Å². The number of unbranched alkanes of at least 4 members (excludes halogenated alkanes) is 1. The number of rotatable bonds is 22. The first kappa shape index (κ1) is 36.8. The third-order valence-electron chi connectivity index (χ3n) is 5.72. The van der Waals surface area contributed by atoms with Gasteiger partial charge in [0.05, 0.1) is 6.04 Å². The maximum Gasteiger partial charge on any atom is 0.326 e. The molecule has 0 fully saturated rings. The van der Waals surface area contributed by atoms with Crippen molar-refractivity contribution in [3.63, 3.8) is 0 Å². The van der Waals surface area contributed by atoms with Crippen LogP contribution in [-0.4, -0.2) is 95.6 Å². The van der Waals surface area contributed by atoms with Crippen molar-refractivity contribution in [3.8, 4) is 0 Å². The minimum Gasteiger partial charge on any atom is -0.481 e. The summed E-state index contributed by atoms with van der Waals surface area (Å²) in [6.45, 7) is 0.709. The highest BCUT2D eigenvalue weighted by Crippen LogP contribution is 2.07. The molecule has 0 bridgehead atoms. The van der Waals surface area contributed by atoms with Crippen LogP contribution in [0.25, 0.3) is 0 Å². The van der Waals surface area contributed by atoms with E-state index in [1.54, 1.807) is 0 Å². The molecule has 0 aromatic rings. The zero-order chi connectivity index (χ0) is 31.4. The molecule has 0 radical (unpaired) electrons. The summed E-state index contributed by atoms with van der Waals surface area (Å²) in [5.74, 6) is -5.09. The van der Waals surface area contributed by atoms with Gasteiger partial charge < -0.3 is 60.6 Å². The zero-order valence-corrected chi connectivity index (χ0v) is 23.1. The van der Waals surface area contributed by atoms with Gasteiger partial charge in [-0.2, -0.15) is 0 Å². The lowest BCUT2D eigenvalue weighted by Crippen LogP contribution is -2.57. The molecule has 0 spiro atoms. The third kappa shape index (κ3) is 17.9. The number of amides is 3. The van der Waals surface area contributed by atoms with Gasteiger partial charge >= 0.3 is 11.9 Å². The van der Waals surface area contributed by atoms with E-state index < -0.39 is 60.2 Å². The van der Waals surface area contributed by atoms with Crippen molar-refractivity contribution in [3.05, 3.63) is 0 Å². The van der Waals surface area contributed by atoms with Crippen molar-refractivity contribution in [2.24, 2.45) is 44.4 Å². The first-order valence-electron chi connectivity index (χ1n) is 13.2. The average molecular weight is 588 g/mol. The molecule has 0 aromatic carbocycles. The number of nitrogens with two attached hydrogens (primary N) is 6. The third-order valence-corrected chi connectivity index (χ3v) is 5.72. The van der Waals surface area contributed by atoms with E-state index in [2.05, 4.69) is 25.9 Å². The highest BCUT2D eigenvalue weighted by molar-refractivity contribution is 5.94. The zero-order valence-electron chi connectivity index (χ0n) is 23.1. The Bertz CT molecular complexity index is 922. The highest BCUT2D eigenvalue weighted by atomic mass is 16.4. The quantitative estimate of drug-likeness (QED) is 0.0326. The van der Waals surface area contributed by atoms with E-state index in [1.165, 1.54) is 0 Å². The maximum atomic E-state index is 13.1. The molecule has 0 saturated carbocycles. The van der Waals surface area contributed by atoms with Crippen molar-refractivity contribution in [2.75, 3.05) is 19.6 Å². The van der Waals surface area contributed by atoms with E-state index in [9.17, 15) is 29.1 Å². The van der Waals surface area contributed by atoms with Gasteiger partial charge in [-0.3, -0.25) is 29.2 Å². The molecule has 0 aliphatic heterocycles. The smallest absolute Gasteiger partial charge is 0.326 e. The van der Waals surface area contributed by atoms with E-state index in [1.807, 2.05) is 0 Å². The van der Waals surface area contributed by atoms with Gasteiger partial charge in [-0.25, -0.2) is 4.79 Å². The van der Waals surface area contributed by atoms with Crippen LogP contribution >= 0.6 is 0 Å². The van der Waals surface area contributed by atoms with Crippen LogP contribution in [0, 0.1) is 0 Å². The van der Waals surface area contributed by atoms with Gasteiger partial charge in [-0.15, -0.1) is 0 Å². The molecule has 0 rings (SSSR count). The number of nitrogens with one attached hydrogen (secondary N) is 3. The SMILES string of the molecule is NCCCCC(NC(=O)C(CCC(=O)O)NC(=O)C(N)CCCN=C(N)N)C(=O)NC(CCCN=C(N)N)C(=O)O. The van der Waals surface area contributed by atoms with Crippen LogP contribution in [0.2, 0.25) is 0 Å². The summed E-state index contributed by atoms with van der Waals surface area (Å²) in [5, 5.41) is 26.0. The molecule has 0 aliphatic carbocycles. The number of carbonyl (C=O) groups excluding carboxylic acids is 3. The number of hydrogen-bond acceptors (Lipinski definition) is 9. The lowest BCUT2D eigenvalue weighted by molar-refractivity contribution is -0.142. The predicted molar refractivity (Wildman–Crippen MR) is 151 cm³/mol. The number of hydrogen-bond donors (Lipinski definition) is 11. The molecule has 4 unspecified atom stereocenters. The topological polar surface area (TPSA) is 343 Å². The van der Waals surface area contributed by atoms with E-state index in [0.717, 1.165) is 0 Å². The summed E-state index contributed by atoms with van der Waals surface area (Å²) in [4.78, 5) is 69.2. The summed E-state index contributed by atoms with van der Waals surface area (Å²) in [7, 11) is 0. The Morgan fingerprint density at radius 2 is 1.10 bits per heavy atom. The Kier molecular flexibility index (Phi) is 18.6. The van der Waals surface area contributed by atoms with Crippen molar-refractivity contribution < 1.29 is 34.2 Å². The van der Waals surface area contributed by atoms with Crippen LogP contribution in [0.4, 0.5) is 0 Å². The fourth-order valence-electron chi connectivity index (χ4n) is 3.53. The second kappa shape index (κ2) is 20.7. The molecular weight excluding hydrogens is 542 g/mol. The summed E-state index contributed by atoms with van der Waals surface area (Å²) < 4.78 is 0. The molecule has 18 heteroatoms. The van der Waals surface area contributed by atoms with Gasteiger partial charge in [-0.1, -0.05) is 0 Å². The predicted octanol–water partition coefficient (Wildman–Crippen LogP) is -4.05. The Morgan fingerprint density at radius 1 is 0.634 bits per heavy atom. The molecule has 234 valence electrons. The second-order valence-electron chi connectivity index (χ2n) is 9.24. The minimum atomic E-state index is -1.33. The number of guanidine groups is 2. The Hall–Kier alpha value is -4.19. The van der Waals surface area contributed by atoms with E-state index in [4.69, 9.17) is 39.5 Å². The first-order valence-corrected chi connectivity index (χ1v) is 13.2. The fraction of sp³-hybridized carbons (Fsp3) is 0.696. The number of carboxylic acid groups (broad SMARTS) is 2. The number of carboxylic acids is 2. The molecule has 17 N–H and O–H groups in total. The van der Waals surface area contributed by atoms with E-state index >= 15 is 0 Å². The summed E-state index contributed by atoms with van der Waals surface area (Å²) in [5.41, 5.74) is 32.4. The molecule has 3 amide bonds. The lowest BCUT2D eigenvalue weighted by Gasteiger charge is -2.25. The molecule has 0 saturated heterocycles. The van der Waals surface area contributed by atoms with E-state index in [-0.39, 0.29) is 57.1 Å². The Morgan fingerprint density at radius 3 is 1.59 bits per heavy atom. The van der Waals surface area contributed by atoms with Crippen LogP contribution in [0.1, 0.15) is 57.8 Å². The molecule has 0 aromatic heterocycles. The fourth-order valence-corrected chi connectivity index (χ4v) is 3.53. The normalized spacial score (nSPS) is 13.5. The van der Waals surface area contributed by atoms with Crippen molar-refractivity contribution in [1.29, 1.82) is 0 Å². The van der Waals surface area contributed by atoms with Crippen LogP contribution in [0.3, 0.4) is 0 Å². The summed E-state index contributed by atoms with van der Waals surface area (Å²) in [6, 6.07) is -4.85. The van der Waals surface area contributed by atoms with Crippen LogP contribution in [0.5, 0.6) is 0 Å². The van der Waals surface area contributed by atoms with Crippen LogP contribution in [0.15, 0.2) is 9.98 Å². The number of carbonyl (C=O) groups is 5. The average Bonchev–Trinajstić information content (AvgIpc) is 2.89. The monoisotopic (exact) mass is 587 g/mol. The standard InChI is InChI=1S/C23H45N11O7/c24-10-2-1-6-14(19(38)34-16(21(40)41)7-4-12-31-23(28)29)33-20(39)15(8-9-17(35)36)32-18(37)13(25)5-3-11-30-22(26)27/h13-16H,1-12,24-25H2,(H,32,37)(H,33,39)(H,34,38)(H,35,36)(H,40,41)(H4,26,27,30)(H4,28,29,31). The van der Waals surface area contributed by atoms with Crippen LogP contribution in [-0.2, 0) is 24.0 Å². The molecule has 4 atom stereocenters. The van der Waals surface area contributed by atoms with Crippen molar-refractivity contribution >= 4 is 41.6 Å². The van der Waals surface area contributed by atoms with Gasteiger partial charge in [0, 0.05) is 19.5 Å². The van der Waals surface area contributed by atoms with Gasteiger partial charge in [0.25, 0.3) is 0 Å². The second-order valence-corrected chi connectivity index (χ2v) is 9.24. The molecule has 0 aliphatic rings. The Labute approximate surface area is 238 Å². The van der Waals surface area contributed by atoms with Crippen LogP contribution < -0.4 is 50.4 Å². The van der Waals surface area contributed by atoms with Gasteiger partial charge in [0.15, 0.2) is 11.9 Å². The van der Waals surface area contributed by atoms with Gasteiger partial charge in [0.2, 0.25) is 17.7 Å². The number of aliphatic carboxylic acids is 2. The van der Waals surface area contributed by atoms with E-state index in [0.29, 0.717) is 25.8 Å². The Balaban J connectivity index is 5.53. The largest absolute Gasteiger partial charge is 0.481 e.